The number of anilines is 1. The minimum atomic E-state index is -0.127. The quantitative estimate of drug-likeness (QED) is 0.760. The van der Waals surface area contributed by atoms with E-state index in [0.717, 1.165) is 31.2 Å². The Morgan fingerprint density at radius 1 is 1.25 bits per heavy atom. The van der Waals surface area contributed by atoms with Gasteiger partial charge in [0.15, 0.2) is 0 Å². The highest BCUT2D eigenvalue weighted by Crippen LogP contribution is 2.26. The summed E-state index contributed by atoms with van der Waals surface area (Å²) in [6.45, 7) is 4.37. The van der Waals surface area contributed by atoms with Crippen LogP contribution in [-0.2, 0) is 4.79 Å². The normalized spacial score (nSPS) is 20.0. The van der Waals surface area contributed by atoms with Gasteiger partial charge in [-0.05, 0) is 50.3 Å². The molecular formula is C18H28ClN3O2. The Kier molecular flexibility index (Phi) is 8.22. The standard InChI is InChI=1S/C18H27N3O2.ClH/c1-3-20-18(23)14-9-8-12(2)16(10-14)21-17(22)11-13-6-4-5-7-15(13)19;/h8-10,13,15H,3-7,11,19H2,1-2H3,(H,20,23)(H,21,22);1H. The van der Waals surface area contributed by atoms with E-state index in [-0.39, 0.29) is 36.2 Å². The summed E-state index contributed by atoms with van der Waals surface area (Å²) in [4.78, 5) is 24.2. The molecular weight excluding hydrogens is 326 g/mol. The van der Waals surface area contributed by atoms with Crippen LogP contribution in [0.2, 0.25) is 0 Å². The molecule has 2 rings (SSSR count). The zero-order valence-electron chi connectivity index (χ0n) is 14.4. The number of carbonyl (C=O) groups is 2. The maximum absolute atomic E-state index is 12.3. The van der Waals surface area contributed by atoms with E-state index in [2.05, 4.69) is 10.6 Å². The van der Waals surface area contributed by atoms with Gasteiger partial charge in [0, 0.05) is 30.3 Å². The van der Waals surface area contributed by atoms with Gasteiger partial charge in [0.2, 0.25) is 5.91 Å². The summed E-state index contributed by atoms with van der Waals surface area (Å²) in [6.07, 6.45) is 4.78. The number of carbonyl (C=O) groups excluding carboxylic acids is 2. The van der Waals surface area contributed by atoms with E-state index in [4.69, 9.17) is 5.73 Å². The van der Waals surface area contributed by atoms with Crippen molar-refractivity contribution < 1.29 is 9.59 Å². The number of hydrogen-bond acceptors (Lipinski definition) is 3. The van der Waals surface area contributed by atoms with Crippen LogP contribution in [0.25, 0.3) is 0 Å². The molecule has 1 fully saturated rings. The van der Waals surface area contributed by atoms with E-state index in [1.165, 1.54) is 0 Å². The monoisotopic (exact) mass is 353 g/mol. The molecule has 0 heterocycles. The highest BCUT2D eigenvalue weighted by atomic mass is 35.5. The first kappa shape index (κ1) is 20.5. The minimum Gasteiger partial charge on any atom is -0.352 e. The molecule has 1 aromatic rings. The van der Waals surface area contributed by atoms with Gasteiger partial charge in [0.25, 0.3) is 5.91 Å². The number of aryl methyl sites for hydroxylation is 1. The Morgan fingerprint density at radius 2 is 1.96 bits per heavy atom. The van der Waals surface area contributed by atoms with Crippen molar-refractivity contribution in [1.82, 2.24) is 5.32 Å². The molecule has 2 atom stereocenters. The molecule has 6 heteroatoms. The fourth-order valence-electron chi connectivity index (χ4n) is 3.09. The van der Waals surface area contributed by atoms with Crippen LogP contribution in [0.5, 0.6) is 0 Å². The van der Waals surface area contributed by atoms with Gasteiger partial charge in [-0.1, -0.05) is 18.9 Å². The fourth-order valence-corrected chi connectivity index (χ4v) is 3.09. The van der Waals surface area contributed by atoms with Crippen molar-refractivity contribution in [2.24, 2.45) is 11.7 Å². The molecule has 1 aliphatic carbocycles. The van der Waals surface area contributed by atoms with E-state index in [0.29, 0.717) is 24.2 Å². The molecule has 1 aliphatic rings. The van der Waals surface area contributed by atoms with Gasteiger partial charge >= 0.3 is 0 Å². The number of halogens is 1. The highest BCUT2D eigenvalue weighted by molar-refractivity contribution is 5.97. The predicted molar refractivity (Wildman–Crippen MR) is 99.6 cm³/mol. The molecule has 1 aromatic carbocycles. The predicted octanol–water partition coefficient (Wildman–Crippen LogP) is 3.01. The second kappa shape index (κ2) is 9.64. The number of rotatable bonds is 5. The Balaban J connectivity index is 0.00000288. The van der Waals surface area contributed by atoms with Crippen molar-refractivity contribution in [1.29, 1.82) is 0 Å². The average Bonchev–Trinajstić information content (AvgIpc) is 2.52. The van der Waals surface area contributed by atoms with E-state index >= 15 is 0 Å². The van der Waals surface area contributed by atoms with Gasteiger partial charge in [-0.2, -0.15) is 0 Å². The smallest absolute Gasteiger partial charge is 0.251 e. The summed E-state index contributed by atoms with van der Waals surface area (Å²) in [5, 5.41) is 5.71. The van der Waals surface area contributed by atoms with Crippen LogP contribution in [0.15, 0.2) is 18.2 Å². The summed E-state index contributed by atoms with van der Waals surface area (Å²) in [5.74, 6) is 0.108. The first-order valence-corrected chi connectivity index (χ1v) is 8.45. The molecule has 134 valence electrons. The van der Waals surface area contributed by atoms with E-state index in [9.17, 15) is 9.59 Å². The Morgan fingerprint density at radius 3 is 2.62 bits per heavy atom. The molecule has 0 aromatic heterocycles. The summed E-state index contributed by atoms with van der Waals surface area (Å²) in [6, 6.07) is 5.48. The van der Waals surface area contributed by atoms with Crippen LogP contribution in [0, 0.1) is 12.8 Å². The molecule has 0 bridgehead atoms. The van der Waals surface area contributed by atoms with E-state index in [1.54, 1.807) is 12.1 Å². The number of amides is 2. The molecule has 0 aliphatic heterocycles. The third kappa shape index (κ3) is 5.49. The third-order valence-electron chi connectivity index (χ3n) is 4.53. The second-order valence-corrected chi connectivity index (χ2v) is 6.35. The van der Waals surface area contributed by atoms with Gasteiger partial charge < -0.3 is 16.4 Å². The van der Waals surface area contributed by atoms with Gasteiger partial charge in [-0.25, -0.2) is 0 Å². The number of hydrogen-bond donors (Lipinski definition) is 3. The maximum atomic E-state index is 12.3. The minimum absolute atomic E-state index is 0. The van der Waals surface area contributed by atoms with Crippen molar-refractivity contribution in [2.45, 2.75) is 52.0 Å². The molecule has 0 radical (unpaired) electrons. The molecule has 0 spiro atoms. The highest BCUT2D eigenvalue weighted by Gasteiger charge is 2.24. The molecule has 2 unspecified atom stereocenters. The second-order valence-electron chi connectivity index (χ2n) is 6.35. The lowest BCUT2D eigenvalue weighted by atomic mass is 9.83. The number of nitrogens with two attached hydrogens (primary N) is 1. The molecule has 2 amide bonds. The molecule has 24 heavy (non-hydrogen) atoms. The van der Waals surface area contributed by atoms with E-state index in [1.807, 2.05) is 19.9 Å². The summed E-state index contributed by atoms with van der Waals surface area (Å²) < 4.78 is 0. The fraction of sp³-hybridized carbons (Fsp3) is 0.556. The molecule has 0 saturated heterocycles. The van der Waals surface area contributed by atoms with Gasteiger partial charge in [0.05, 0.1) is 0 Å². The van der Waals surface area contributed by atoms with Crippen LogP contribution in [0.4, 0.5) is 5.69 Å². The van der Waals surface area contributed by atoms with Crippen LogP contribution in [0.3, 0.4) is 0 Å². The number of benzene rings is 1. The first-order chi connectivity index (χ1) is 11.0. The van der Waals surface area contributed by atoms with E-state index < -0.39 is 0 Å². The van der Waals surface area contributed by atoms with Crippen LogP contribution >= 0.6 is 12.4 Å². The van der Waals surface area contributed by atoms with Crippen molar-refractivity contribution in [3.05, 3.63) is 29.3 Å². The summed E-state index contributed by atoms with van der Waals surface area (Å²) >= 11 is 0. The number of nitrogens with one attached hydrogen (secondary N) is 2. The maximum Gasteiger partial charge on any atom is 0.251 e. The Labute approximate surface area is 150 Å². The zero-order valence-corrected chi connectivity index (χ0v) is 15.2. The van der Waals surface area contributed by atoms with Gasteiger partial charge in [0.1, 0.15) is 0 Å². The molecule has 1 saturated carbocycles. The van der Waals surface area contributed by atoms with Crippen molar-refractivity contribution >= 4 is 29.9 Å². The lowest BCUT2D eigenvalue weighted by molar-refractivity contribution is -0.117. The van der Waals surface area contributed by atoms with Gasteiger partial charge in [-0.15, -0.1) is 12.4 Å². The molecule has 5 nitrogen and oxygen atoms in total. The SMILES string of the molecule is CCNC(=O)c1ccc(C)c(NC(=O)CC2CCCCC2N)c1.Cl. The van der Waals surface area contributed by atoms with Crippen LogP contribution in [0.1, 0.15) is 54.9 Å². The molecule has 4 N–H and O–H groups in total. The topological polar surface area (TPSA) is 84.2 Å². The Bertz CT molecular complexity index is 577. The summed E-state index contributed by atoms with van der Waals surface area (Å²) in [5.41, 5.74) is 8.31. The lowest BCUT2D eigenvalue weighted by Gasteiger charge is -2.28. The van der Waals surface area contributed by atoms with Crippen LogP contribution in [-0.4, -0.2) is 24.4 Å². The third-order valence-corrected chi connectivity index (χ3v) is 4.53. The zero-order chi connectivity index (χ0) is 16.8. The first-order valence-electron chi connectivity index (χ1n) is 8.45. The van der Waals surface area contributed by atoms with Gasteiger partial charge in [-0.3, -0.25) is 9.59 Å². The van der Waals surface area contributed by atoms with Crippen molar-refractivity contribution in [3.8, 4) is 0 Å². The van der Waals surface area contributed by atoms with Crippen molar-refractivity contribution in [2.75, 3.05) is 11.9 Å². The lowest BCUT2D eigenvalue weighted by Crippen LogP contribution is -2.35. The van der Waals surface area contributed by atoms with Crippen molar-refractivity contribution in [3.63, 3.8) is 0 Å². The van der Waals surface area contributed by atoms with Crippen LogP contribution < -0.4 is 16.4 Å². The Hall–Kier alpha value is -1.59. The largest absolute Gasteiger partial charge is 0.352 e. The average molecular weight is 354 g/mol. The summed E-state index contributed by atoms with van der Waals surface area (Å²) in [7, 11) is 0.